The van der Waals surface area contributed by atoms with E-state index < -0.39 is 0 Å². The van der Waals surface area contributed by atoms with Crippen LogP contribution in [0.4, 0.5) is 0 Å². The summed E-state index contributed by atoms with van der Waals surface area (Å²) in [6.45, 7) is 10.3. The molecular weight excluding hydrogens is 174 g/mol. The molecule has 2 N–H and O–H groups in total. The highest BCUT2D eigenvalue weighted by atomic mass is 16.1. The van der Waals surface area contributed by atoms with Crippen LogP contribution in [-0.2, 0) is 4.79 Å². The first kappa shape index (κ1) is 13.6. The molecule has 0 rings (SSSR count). The topological polar surface area (TPSA) is 43.1 Å². The summed E-state index contributed by atoms with van der Waals surface area (Å²) in [6.07, 6.45) is 2.88. The molecule has 0 aliphatic carbocycles. The Morgan fingerprint density at radius 2 is 1.86 bits per heavy atom. The minimum atomic E-state index is -0.318. The zero-order valence-electron chi connectivity index (χ0n) is 10.3. The lowest BCUT2D eigenvalue weighted by atomic mass is 9.82. The number of hydrogen-bond donors (Lipinski definition) is 1. The number of hydrogen-bond acceptors (Lipinski definition) is 2. The summed E-state index contributed by atoms with van der Waals surface area (Å²) in [5.74, 6) is 0.680. The Morgan fingerprint density at radius 3 is 2.21 bits per heavy atom. The molecular formula is C12H25NO. The van der Waals surface area contributed by atoms with Crippen molar-refractivity contribution in [1.29, 1.82) is 0 Å². The quantitative estimate of drug-likeness (QED) is 0.740. The highest BCUT2D eigenvalue weighted by Crippen LogP contribution is 2.21. The third-order valence-corrected chi connectivity index (χ3v) is 2.61. The van der Waals surface area contributed by atoms with Crippen LogP contribution in [0.25, 0.3) is 0 Å². The zero-order valence-corrected chi connectivity index (χ0v) is 10.3. The van der Waals surface area contributed by atoms with Gasteiger partial charge in [-0.05, 0) is 11.3 Å². The Hall–Kier alpha value is -0.370. The molecule has 0 saturated carbocycles. The molecule has 0 radical (unpaired) electrons. The average molecular weight is 199 g/mol. The van der Waals surface area contributed by atoms with Crippen molar-refractivity contribution < 1.29 is 4.79 Å². The molecule has 2 nitrogen and oxygen atoms in total. The Balaban J connectivity index is 4.08. The molecule has 0 heterocycles. The molecule has 2 heteroatoms. The summed E-state index contributed by atoms with van der Waals surface area (Å²) in [5, 5.41) is 0. The van der Waals surface area contributed by atoms with Crippen LogP contribution >= 0.6 is 0 Å². The van der Waals surface area contributed by atoms with E-state index in [1.54, 1.807) is 0 Å². The van der Waals surface area contributed by atoms with Crippen molar-refractivity contribution in [2.75, 3.05) is 0 Å². The van der Waals surface area contributed by atoms with Crippen LogP contribution in [0, 0.1) is 11.3 Å². The van der Waals surface area contributed by atoms with Gasteiger partial charge in [0, 0.05) is 6.42 Å². The van der Waals surface area contributed by atoms with Crippen LogP contribution < -0.4 is 5.73 Å². The van der Waals surface area contributed by atoms with Gasteiger partial charge in [-0.25, -0.2) is 0 Å². The Labute approximate surface area is 88.3 Å². The van der Waals surface area contributed by atoms with E-state index in [4.69, 9.17) is 5.73 Å². The van der Waals surface area contributed by atoms with E-state index in [0.717, 1.165) is 12.8 Å². The number of carbonyl (C=O) groups is 1. The molecule has 0 aromatic carbocycles. The molecule has 0 aliphatic heterocycles. The van der Waals surface area contributed by atoms with Gasteiger partial charge in [-0.15, -0.1) is 0 Å². The second-order valence-corrected chi connectivity index (χ2v) is 5.41. The zero-order chi connectivity index (χ0) is 11.4. The number of rotatable bonds is 5. The van der Waals surface area contributed by atoms with Gasteiger partial charge in [0.2, 0.25) is 0 Å². The van der Waals surface area contributed by atoms with Crippen LogP contribution in [0.15, 0.2) is 0 Å². The minimum Gasteiger partial charge on any atom is -0.321 e. The molecule has 0 aliphatic rings. The fourth-order valence-electron chi connectivity index (χ4n) is 1.55. The molecule has 84 valence electrons. The highest BCUT2D eigenvalue weighted by Gasteiger charge is 2.27. The fourth-order valence-corrected chi connectivity index (χ4v) is 1.55. The van der Waals surface area contributed by atoms with Crippen molar-refractivity contribution in [3.8, 4) is 0 Å². The van der Waals surface area contributed by atoms with Gasteiger partial charge >= 0.3 is 0 Å². The largest absolute Gasteiger partial charge is 0.321 e. The Kier molecular flexibility index (Phi) is 5.35. The van der Waals surface area contributed by atoms with E-state index in [1.807, 2.05) is 20.8 Å². The van der Waals surface area contributed by atoms with Crippen molar-refractivity contribution in [3.05, 3.63) is 0 Å². The summed E-state index contributed by atoms with van der Waals surface area (Å²) in [5.41, 5.74) is 5.78. The summed E-state index contributed by atoms with van der Waals surface area (Å²) in [4.78, 5) is 11.7. The molecule has 0 bridgehead atoms. The van der Waals surface area contributed by atoms with Crippen molar-refractivity contribution in [3.63, 3.8) is 0 Å². The van der Waals surface area contributed by atoms with Crippen LogP contribution in [0.3, 0.4) is 0 Å². The van der Waals surface area contributed by atoms with Crippen LogP contribution in [0.2, 0.25) is 0 Å². The van der Waals surface area contributed by atoms with Gasteiger partial charge in [0.1, 0.15) is 5.78 Å². The smallest absolute Gasteiger partial charge is 0.150 e. The van der Waals surface area contributed by atoms with E-state index in [9.17, 15) is 4.79 Å². The van der Waals surface area contributed by atoms with Gasteiger partial charge in [0.25, 0.3) is 0 Å². The standard InChI is InChI=1S/C12H25NO/c1-6-7-9(2)8-10(14)11(13)12(3,4)5/h9,11H,6-8,13H2,1-5H3. The molecule has 0 aromatic heterocycles. The lowest BCUT2D eigenvalue weighted by Gasteiger charge is -2.26. The molecule has 14 heavy (non-hydrogen) atoms. The molecule has 0 spiro atoms. The number of nitrogens with two attached hydrogens (primary N) is 1. The summed E-state index contributed by atoms with van der Waals surface area (Å²) in [7, 11) is 0. The van der Waals surface area contributed by atoms with Gasteiger partial charge in [0.05, 0.1) is 6.04 Å². The normalized spacial score (nSPS) is 16.4. The third kappa shape index (κ3) is 4.75. The van der Waals surface area contributed by atoms with Crippen molar-refractivity contribution >= 4 is 5.78 Å². The average Bonchev–Trinajstić information content (AvgIpc) is 2.01. The van der Waals surface area contributed by atoms with E-state index >= 15 is 0 Å². The Bertz CT molecular complexity index is 181. The number of carbonyl (C=O) groups excluding carboxylic acids is 1. The second-order valence-electron chi connectivity index (χ2n) is 5.41. The van der Waals surface area contributed by atoms with E-state index in [1.165, 1.54) is 0 Å². The molecule has 2 unspecified atom stereocenters. The predicted molar refractivity (Wildman–Crippen MR) is 61.1 cm³/mol. The van der Waals surface area contributed by atoms with Gasteiger partial charge in [-0.2, -0.15) is 0 Å². The van der Waals surface area contributed by atoms with Crippen LogP contribution in [0.5, 0.6) is 0 Å². The molecule has 2 atom stereocenters. The highest BCUT2D eigenvalue weighted by molar-refractivity contribution is 5.84. The molecule has 0 saturated heterocycles. The minimum absolute atomic E-state index is 0.108. The van der Waals surface area contributed by atoms with E-state index in [0.29, 0.717) is 12.3 Å². The summed E-state index contributed by atoms with van der Waals surface area (Å²) in [6, 6.07) is -0.318. The molecule has 0 fully saturated rings. The molecule has 0 amide bonds. The maximum atomic E-state index is 11.7. The summed E-state index contributed by atoms with van der Waals surface area (Å²) < 4.78 is 0. The lowest BCUT2D eigenvalue weighted by Crippen LogP contribution is -2.42. The maximum Gasteiger partial charge on any atom is 0.150 e. The van der Waals surface area contributed by atoms with Gasteiger partial charge in [-0.1, -0.05) is 47.5 Å². The van der Waals surface area contributed by atoms with E-state index in [2.05, 4.69) is 13.8 Å². The Morgan fingerprint density at radius 1 is 1.36 bits per heavy atom. The predicted octanol–water partition coefficient (Wildman–Crippen LogP) is 2.76. The first-order valence-corrected chi connectivity index (χ1v) is 5.57. The third-order valence-electron chi connectivity index (χ3n) is 2.61. The maximum absolute atomic E-state index is 11.7. The first-order chi connectivity index (χ1) is 6.29. The fraction of sp³-hybridized carbons (Fsp3) is 0.917. The monoisotopic (exact) mass is 199 g/mol. The van der Waals surface area contributed by atoms with Gasteiger partial charge in [-0.3, -0.25) is 4.79 Å². The van der Waals surface area contributed by atoms with Gasteiger partial charge in [0.15, 0.2) is 0 Å². The second kappa shape index (κ2) is 5.50. The van der Waals surface area contributed by atoms with Gasteiger partial charge < -0.3 is 5.73 Å². The van der Waals surface area contributed by atoms with Crippen LogP contribution in [-0.4, -0.2) is 11.8 Å². The van der Waals surface area contributed by atoms with Crippen molar-refractivity contribution in [2.45, 2.75) is 59.9 Å². The number of ketones is 1. The van der Waals surface area contributed by atoms with Crippen molar-refractivity contribution in [1.82, 2.24) is 0 Å². The first-order valence-electron chi connectivity index (χ1n) is 5.57. The lowest BCUT2D eigenvalue weighted by molar-refractivity contribution is -0.123. The van der Waals surface area contributed by atoms with Crippen molar-refractivity contribution in [2.24, 2.45) is 17.1 Å². The van der Waals surface area contributed by atoms with E-state index in [-0.39, 0.29) is 17.2 Å². The van der Waals surface area contributed by atoms with Crippen LogP contribution in [0.1, 0.15) is 53.9 Å². The summed E-state index contributed by atoms with van der Waals surface area (Å²) >= 11 is 0. The molecule has 0 aromatic rings. The SMILES string of the molecule is CCCC(C)CC(=O)C(N)C(C)(C)C. The number of Topliss-reactive ketones (excluding diaryl/α,β-unsaturated/α-hetero) is 1.